The minimum absolute atomic E-state index is 0.0555. The lowest BCUT2D eigenvalue weighted by molar-refractivity contribution is -0.118. The second-order valence-corrected chi connectivity index (χ2v) is 9.00. The molecular weight excluding hydrogens is 406 g/mol. The van der Waals surface area contributed by atoms with Crippen LogP contribution in [0.4, 0.5) is 8.78 Å². The Morgan fingerprint density at radius 2 is 1.74 bits per heavy atom. The highest BCUT2D eigenvalue weighted by molar-refractivity contribution is 5.79. The van der Waals surface area contributed by atoms with Crippen molar-refractivity contribution in [3.63, 3.8) is 0 Å². The van der Waals surface area contributed by atoms with E-state index in [0.717, 1.165) is 38.5 Å². The van der Waals surface area contributed by atoms with E-state index in [1.807, 2.05) is 6.92 Å². The Hall–Kier alpha value is -2.22. The molecule has 2 aliphatic rings. The molecule has 1 aromatic heterocycles. The van der Waals surface area contributed by atoms with E-state index < -0.39 is 11.6 Å². The van der Waals surface area contributed by atoms with Gasteiger partial charge in [0.15, 0.2) is 17.4 Å². The van der Waals surface area contributed by atoms with Crippen molar-refractivity contribution in [1.82, 2.24) is 9.55 Å². The number of nitrogens with zero attached hydrogens (tertiary/aromatic N) is 2. The lowest BCUT2D eigenvalue weighted by Crippen LogP contribution is -2.30. The average Bonchev–Trinajstić information content (AvgIpc) is 3.48. The first-order valence-electron chi connectivity index (χ1n) is 11.1. The number of benzene rings is 1. The van der Waals surface area contributed by atoms with Crippen molar-refractivity contribution >= 4 is 16.8 Å². The van der Waals surface area contributed by atoms with Crippen LogP contribution in [0.25, 0.3) is 11.0 Å². The van der Waals surface area contributed by atoms with Crippen molar-refractivity contribution in [3.8, 4) is 11.8 Å². The first-order chi connectivity index (χ1) is 14.8. The zero-order chi connectivity index (χ0) is 22.1. The minimum Gasteiger partial charge on any atom is -0.484 e. The Balaban J connectivity index is 1.36. The van der Waals surface area contributed by atoms with Gasteiger partial charge < -0.3 is 19.0 Å². The quantitative estimate of drug-likeness (QED) is 0.570. The molecule has 8 heteroatoms. The maximum Gasteiger partial charge on any atom is 0.297 e. The molecule has 1 aromatic carbocycles. The second-order valence-electron chi connectivity index (χ2n) is 9.00. The van der Waals surface area contributed by atoms with Crippen molar-refractivity contribution < 1.29 is 27.8 Å². The molecule has 2 aliphatic carbocycles. The Labute approximate surface area is 180 Å². The van der Waals surface area contributed by atoms with E-state index in [1.54, 1.807) is 14.0 Å². The number of imidazole rings is 1. The number of ether oxygens (including phenoxy) is 3. The van der Waals surface area contributed by atoms with E-state index in [4.69, 9.17) is 14.2 Å². The van der Waals surface area contributed by atoms with Crippen molar-refractivity contribution in [1.29, 1.82) is 0 Å². The molecule has 2 saturated carbocycles. The molecule has 2 aromatic rings. The second kappa shape index (κ2) is 9.10. The summed E-state index contributed by atoms with van der Waals surface area (Å²) in [5, 5.41) is 0. The Bertz CT molecular complexity index is 949. The van der Waals surface area contributed by atoms with Gasteiger partial charge in [-0.15, -0.1) is 0 Å². The van der Waals surface area contributed by atoms with E-state index in [9.17, 15) is 13.6 Å². The van der Waals surface area contributed by atoms with Gasteiger partial charge in [0.2, 0.25) is 0 Å². The summed E-state index contributed by atoms with van der Waals surface area (Å²) in [4.78, 5) is 15.5. The van der Waals surface area contributed by atoms with Gasteiger partial charge in [-0.2, -0.15) is 4.98 Å². The highest BCUT2D eigenvalue weighted by atomic mass is 19.1. The molecule has 0 aliphatic heterocycles. The Kier molecular flexibility index (Phi) is 6.46. The van der Waals surface area contributed by atoms with Crippen molar-refractivity contribution in [2.45, 2.75) is 77.1 Å². The van der Waals surface area contributed by atoms with E-state index in [1.165, 1.54) is 10.6 Å². The first-order valence-corrected chi connectivity index (χ1v) is 11.1. The summed E-state index contributed by atoms with van der Waals surface area (Å²) in [7, 11) is 1.66. The van der Waals surface area contributed by atoms with Crippen LogP contribution in [0.15, 0.2) is 6.07 Å². The summed E-state index contributed by atoms with van der Waals surface area (Å²) in [5.41, 5.74) is 0.399. The van der Waals surface area contributed by atoms with Crippen LogP contribution in [0.2, 0.25) is 0 Å². The molecular formula is C23H30F2N2O4. The number of aromatic nitrogens is 2. The topological polar surface area (TPSA) is 62.6 Å². The fourth-order valence-corrected chi connectivity index (χ4v) is 4.14. The van der Waals surface area contributed by atoms with Gasteiger partial charge in [-0.1, -0.05) is 6.92 Å². The van der Waals surface area contributed by atoms with Gasteiger partial charge >= 0.3 is 0 Å². The third-order valence-corrected chi connectivity index (χ3v) is 5.92. The predicted molar refractivity (Wildman–Crippen MR) is 111 cm³/mol. The summed E-state index contributed by atoms with van der Waals surface area (Å²) in [6, 6.07) is 1.48. The van der Waals surface area contributed by atoms with Gasteiger partial charge in [0, 0.05) is 26.1 Å². The predicted octanol–water partition coefficient (Wildman–Crippen LogP) is 4.71. The number of ketones is 1. The molecule has 2 fully saturated rings. The third kappa shape index (κ3) is 5.17. The summed E-state index contributed by atoms with van der Waals surface area (Å²) < 4.78 is 48.2. The van der Waals surface area contributed by atoms with Gasteiger partial charge in [0.25, 0.3) is 6.01 Å². The molecule has 0 amide bonds. The number of carbonyl (C=O) groups is 1. The zero-order valence-electron chi connectivity index (χ0n) is 18.3. The molecule has 0 N–H and O–H groups in total. The molecule has 4 rings (SSSR count). The Morgan fingerprint density at radius 1 is 1.13 bits per heavy atom. The number of Topliss-reactive ketones (excluding diaryl/α,β-unsaturated/α-hetero) is 1. The fourth-order valence-electron chi connectivity index (χ4n) is 4.14. The van der Waals surface area contributed by atoms with Crippen molar-refractivity contribution in [2.75, 3.05) is 6.61 Å². The van der Waals surface area contributed by atoms with Gasteiger partial charge in [-0.3, -0.25) is 4.57 Å². The highest BCUT2D eigenvalue weighted by Gasteiger charge is 2.30. The summed E-state index contributed by atoms with van der Waals surface area (Å²) in [6.45, 7) is 4.20. The molecule has 0 radical (unpaired) electrons. The zero-order valence-corrected chi connectivity index (χ0v) is 18.3. The smallest absolute Gasteiger partial charge is 0.297 e. The lowest BCUT2D eigenvalue weighted by atomic mass is 9.95. The molecule has 170 valence electrons. The van der Waals surface area contributed by atoms with Crippen LogP contribution in [0.5, 0.6) is 11.8 Å². The van der Waals surface area contributed by atoms with Crippen LogP contribution < -0.4 is 9.47 Å². The normalized spacial score (nSPS) is 22.5. The number of aryl methyl sites for hydroxylation is 1. The lowest BCUT2D eigenvalue weighted by Gasteiger charge is -2.29. The molecule has 6 nitrogen and oxygen atoms in total. The maximum absolute atomic E-state index is 14.9. The molecule has 0 bridgehead atoms. The van der Waals surface area contributed by atoms with Crippen LogP contribution in [-0.2, 0) is 16.6 Å². The molecule has 1 atom stereocenters. The van der Waals surface area contributed by atoms with E-state index in [0.29, 0.717) is 13.0 Å². The van der Waals surface area contributed by atoms with Crippen LogP contribution in [0, 0.1) is 17.6 Å². The van der Waals surface area contributed by atoms with E-state index in [-0.39, 0.29) is 52.8 Å². The number of fused-ring (bicyclic) bond motifs is 1. The number of hydrogen-bond donors (Lipinski definition) is 0. The van der Waals surface area contributed by atoms with Crippen molar-refractivity contribution in [2.24, 2.45) is 13.0 Å². The van der Waals surface area contributed by atoms with E-state index >= 15 is 0 Å². The molecule has 0 spiro atoms. The van der Waals surface area contributed by atoms with Crippen molar-refractivity contribution in [3.05, 3.63) is 17.7 Å². The van der Waals surface area contributed by atoms with Gasteiger partial charge in [0.1, 0.15) is 17.4 Å². The van der Waals surface area contributed by atoms with Crippen LogP contribution in [-0.4, -0.2) is 40.3 Å². The monoisotopic (exact) mass is 436 g/mol. The summed E-state index contributed by atoms with van der Waals surface area (Å²) >= 11 is 0. The van der Waals surface area contributed by atoms with Gasteiger partial charge in [-0.05, 0) is 51.4 Å². The SMILES string of the molecule is CC(=O)C[C@@H](C)COC1CCC(Oc2nc3cc(F)c(OC4CC4)c(F)c3n2C)CC1. The third-order valence-electron chi connectivity index (χ3n) is 5.92. The van der Waals surface area contributed by atoms with Crippen LogP contribution in [0.3, 0.4) is 0 Å². The Morgan fingerprint density at radius 3 is 2.39 bits per heavy atom. The first kappa shape index (κ1) is 22.0. The maximum atomic E-state index is 14.9. The fraction of sp³-hybridized carbons (Fsp3) is 0.652. The standard InChI is InChI=1S/C23H30F2N2O4/c1-13(10-14(2)28)12-29-15-4-6-17(7-5-15)31-23-26-19-11-18(24)22(30-16-8-9-16)20(25)21(19)27(23)3/h11,13,15-17H,4-10,12H2,1-3H3/t13-,15?,17?/m1/s1. The largest absolute Gasteiger partial charge is 0.484 e. The van der Waals surface area contributed by atoms with Crippen LogP contribution >= 0.6 is 0 Å². The summed E-state index contributed by atoms with van der Waals surface area (Å²) in [6.07, 6.45) is 5.46. The minimum atomic E-state index is -0.738. The average molecular weight is 436 g/mol. The molecule has 31 heavy (non-hydrogen) atoms. The number of halogens is 2. The van der Waals surface area contributed by atoms with Crippen LogP contribution in [0.1, 0.15) is 58.8 Å². The number of carbonyl (C=O) groups excluding carboxylic acids is 1. The molecule has 1 heterocycles. The van der Waals surface area contributed by atoms with E-state index in [2.05, 4.69) is 4.98 Å². The van der Waals surface area contributed by atoms with Gasteiger partial charge in [0.05, 0.1) is 17.7 Å². The highest BCUT2D eigenvalue weighted by Crippen LogP contribution is 2.36. The number of rotatable bonds is 9. The summed E-state index contributed by atoms with van der Waals surface area (Å²) in [5.74, 6) is -1.41. The molecule has 0 unspecified atom stereocenters. The van der Waals surface area contributed by atoms with Gasteiger partial charge in [-0.25, -0.2) is 8.78 Å². The molecule has 0 saturated heterocycles. The number of hydrogen-bond acceptors (Lipinski definition) is 5.